The molecular weight excluding hydrogens is 697 g/mol. The summed E-state index contributed by atoms with van der Waals surface area (Å²) in [5.74, 6) is -5.45. The first-order chi connectivity index (χ1) is 25.5. The van der Waals surface area contributed by atoms with Gasteiger partial charge in [0.1, 0.15) is 57.7 Å². The Morgan fingerprint density at radius 1 is 0.660 bits per heavy atom. The van der Waals surface area contributed by atoms with Gasteiger partial charge in [-0.05, 0) is 74.5 Å². The van der Waals surface area contributed by atoms with Crippen molar-refractivity contribution in [1.82, 2.24) is 24.5 Å². The quantitative estimate of drug-likeness (QED) is 0.123. The van der Waals surface area contributed by atoms with E-state index in [0.717, 1.165) is 16.8 Å². The Morgan fingerprint density at radius 3 is 1.47 bits per heavy atom. The zero-order valence-electron chi connectivity index (χ0n) is 27.8. The maximum absolute atomic E-state index is 13.5. The molecule has 53 heavy (non-hydrogen) atoms. The monoisotopic (exact) mass is 723 g/mol. The Bertz CT molecular complexity index is 2470. The molecule has 3 aromatic heterocycles. The number of halogens is 5. The first-order valence-electron chi connectivity index (χ1n) is 15.7. The second-order valence-corrected chi connectivity index (χ2v) is 10.9. The fourth-order valence-corrected chi connectivity index (χ4v) is 4.99. The Kier molecular flexibility index (Phi) is 11.3. The number of aromatic nitrogens is 5. The fraction of sp³-hybridized carbons (Fsp3) is 0.108. The molecule has 0 aliphatic heterocycles. The number of nitriles is 2. The summed E-state index contributed by atoms with van der Waals surface area (Å²) >= 11 is 0. The number of benzene rings is 3. The SMILES string of the molecule is CCn1nc(-c2ccc(F)cc2)c(C#N)c(Nc2cc(F)c(F)c(F)c2)c1=O.CCn1nc(-c2ccc(F)cc2)c(C#N)c(Nc2cccnc2)c1=O. The van der Waals surface area contributed by atoms with Gasteiger partial charge >= 0.3 is 0 Å². The molecule has 0 radical (unpaired) electrons. The number of nitrogens with one attached hydrogen (secondary N) is 2. The van der Waals surface area contributed by atoms with Gasteiger partial charge < -0.3 is 10.6 Å². The predicted molar refractivity (Wildman–Crippen MR) is 186 cm³/mol. The number of hydrogen-bond acceptors (Lipinski definition) is 9. The van der Waals surface area contributed by atoms with Gasteiger partial charge in [-0.25, -0.2) is 31.3 Å². The molecule has 3 heterocycles. The summed E-state index contributed by atoms with van der Waals surface area (Å²) < 4.78 is 68.9. The van der Waals surface area contributed by atoms with Gasteiger partial charge in [0, 0.05) is 48.2 Å². The summed E-state index contributed by atoms with van der Waals surface area (Å²) in [6.07, 6.45) is 3.16. The molecule has 0 atom stereocenters. The van der Waals surface area contributed by atoms with Crippen LogP contribution in [0.3, 0.4) is 0 Å². The van der Waals surface area contributed by atoms with Crippen LogP contribution < -0.4 is 21.8 Å². The molecule has 266 valence electrons. The second kappa shape index (κ2) is 16.2. The smallest absolute Gasteiger partial charge is 0.291 e. The van der Waals surface area contributed by atoms with E-state index in [9.17, 15) is 42.1 Å². The van der Waals surface area contributed by atoms with Crippen molar-refractivity contribution < 1.29 is 22.0 Å². The van der Waals surface area contributed by atoms with Crippen molar-refractivity contribution in [2.45, 2.75) is 26.9 Å². The van der Waals surface area contributed by atoms with E-state index in [2.05, 4.69) is 25.8 Å². The predicted octanol–water partition coefficient (Wildman–Crippen LogP) is 7.18. The molecule has 0 amide bonds. The van der Waals surface area contributed by atoms with E-state index < -0.39 is 34.4 Å². The number of rotatable bonds is 8. The Labute approximate surface area is 297 Å². The van der Waals surface area contributed by atoms with Crippen LogP contribution in [0, 0.1) is 51.7 Å². The van der Waals surface area contributed by atoms with Crippen LogP contribution >= 0.6 is 0 Å². The molecule has 16 heteroatoms. The van der Waals surface area contributed by atoms with Gasteiger partial charge in [-0.1, -0.05) is 0 Å². The highest BCUT2D eigenvalue weighted by Gasteiger charge is 2.21. The molecule has 6 aromatic rings. The lowest BCUT2D eigenvalue weighted by Gasteiger charge is -2.14. The number of pyridine rings is 1. The first kappa shape index (κ1) is 37.1. The molecule has 0 fully saturated rings. The van der Waals surface area contributed by atoms with Crippen molar-refractivity contribution in [3.63, 3.8) is 0 Å². The van der Waals surface area contributed by atoms with Gasteiger partial charge in [-0.15, -0.1) is 0 Å². The molecule has 0 unspecified atom stereocenters. The van der Waals surface area contributed by atoms with E-state index in [4.69, 9.17) is 0 Å². The topological polar surface area (TPSA) is 154 Å². The fourth-order valence-electron chi connectivity index (χ4n) is 4.99. The van der Waals surface area contributed by atoms with E-state index in [0.29, 0.717) is 41.2 Å². The summed E-state index contributed by atoms with van der Waals surface area (Å²) in [5, 5.41) is 33.0. The third-order valence-electron chi connectivity index (χ3n) is 7.55. The number of aryl methyl sites for hydroxylation is 2. The van der Waals surface area contributed by atoms with Gasteiger partial charge in [0.15, 0.2) is 17.5 Å². The standard InChI is InChI=1S/C19H12F4N4O.C18H14FN5O/c1-2-27-19(28)18(25-12-7-14(21)16(23)15(22)8-12)13(9-24)17(26-27)10-3-5-11(20)6-4-10;1-2-24-18(25)17(22-14-4-3-9-21-11-14)15(10-20)16(23-24)12-5-7-13(19)8-6-12/h3-8,25H,2H2,1H3;3-9,11,22H,2H2,1H3. The van der Waals surface area contributed by atoms with Crippen LogP contribution in [0.1, 0.15) is 25.0 Å². The summed E-state index contributed by atoms with van der Waals surface area (Å²) in [7, 11) is 0. The summed E-state index contributed by atoms with van der Waals surface area (Å²) in [5.41, 5.74) is 0.231. The van der Waals surface area contributed by atoms with Crippen LogP contribution in [0.5, 0.6) is 0 Å². The summed E-state index contributed by atoms with van der Waals surface area (Å²) in [6, 6.07) is 19.4. The van der Waals surface area contributed by atoms with Crippen molar-refractivity contribution in [2.75, 3.05) is 10.6 Å². The number of hydrogen-bond donors (Lipinski definition) is 2. The van der Waals surface area contributed by atoms with E-state index >= 15 is 0 Å². The molecule has 3 aromatic carbocycles. The minimum absolute atomic E-state index is 0.0782. The Balaban J connectivity index is 0.000000206. The molecular formula is C37H26F5N9O2. The van der Waals surface area contributed by atoms with E-state index in [1.807, 2.05) is 12.1 Å². The van der Waals surface area contributed by atoms with Crippen molar-refractivity contribution in [1.29, 1.82) is 10.5 Å². The Morgan fingerprint density at radius 2 is 1.09 bits per heavy atom. The average molecular weight is 724 g/mol. The third kappa shape index (κ3) is 8.08. The lowest BCUT2D eigenvalue weighted by molar-refractivity contribution is 0.448. The molecule has 0 saturated carbocycles. The average Bonchev–Trinajstić information content (AvgIpc) is 3.16. The van der Waals surface area contributed by atoms with E-state index in [1.54, 1.807) is 38.4 Å². The minimum atomic E-state index is -1.65. The van der Waals surface area contributed by atoms with E-state index in [-0.39, 0.29) is 46.2 Å². The van der Waals surface area contributed by atoms with Crippen LogP contribution in [0.15, 0.2) is 94.8 Å². The molecule has 11 nitrogen and oxygen atoms in total. The van der Waals surface area contributed by atoms with Gasteiger partial charge in [-0.3, -0.25) is 14.6 Å². The molecule has 2 N–H and O–H groups in total. The van der Waals surface area contributed by atoms with E-state index in [1.165, 1.54) is 41.1 Å². The normalized spacial score (nSPS) is 10.4. The zero-order valence-corrected chi connectivity index (χ0v) is 27.8. The minimum Gasteiger partial charge on any atom is -0.350 e. The lowest BCUT2D eigenvalue weighted by atomic mass is 10.1. The van der Waals surface area contributed by atoms with Crippen molar-refractivity contribution in [3.8, 4) is 34.7 Å². The van der Waals surface area contributed by atoms with Crippen LogP contribution in [-0.2, 0) is 13.1 Å². The highest BCUT2D eigenvalue weighted by molar-refractivity contribution is 5.77. The zero-order chi connectivity index (χ0) is 38.2. The van der Waals surface area contributed by atoms with Crippen molar-refractivity contribution in [2.24, 2.45) is 0 Å². The van der Waals surface area contributed by atoms with Gasteiger partial charge in [0.25, 0.3) is 11.1 Å². The van der Waals surface area contributed by atoms with Gasteiger partial charge in [-0.2, -0.15) is 20.7 Å². The van der Waals surface area contributed by atoms with Gasteiger partial charge in [0.2, 0.25) is 0 Å². The number of nitrogens with zero attached hydrogens (tertiary/aromatic N) is 7. The molecule has 0 bridgehead atoms. The Hall–Kier alpha value is -7.20. The molecule has 0 spiro atoms. The number of anilines is 4. The third-order valence-corrected chi connectivity index (χ3v) is 7.55. The van der Waals surface area contributed by atoms with Crippen LogP contribution in [0.2, 0.25) is 0 Å². The van der Waals surface area contributed by atoms with Crippen LogP contribution in [0.25, 0.3) is 22.5 Å². The first-order valence-corrected chi connectivity index (χ1v) is 15.7. The molecule has 0 saturated heterocycles. The maximum atomic E-state index is 13.5. The molecule has 0 aliphatic rings. The summed E-state index contributed by atoms with van der Waals surface area (Å²) in [6.45, 7) is 3.89. The van der Waals surface area contributed by atoms with Crippen LogP contribution in [0.4, 0.5) is 44.7 Å². The second-order valence-electron chi connectivity index (χ2n) is 10.9. The highest BCUT2D eigenvalue weighted by atomic mass is 19.2. The van der Waals surface area contributed by atoms with Gasteiger partial charge in [0.05, 0.1) is 11.9 Å². The molecule has 6 rings (SSSR count). The lowest BCUT2D eigenvalue weighted by Crippen LogP contribution is -2.26. The highest BCUT2D eigenvalue weighted by Crippen LogP contribution is 2.29. The largest absolute Gasteiger partial charge is 0.350 e. The summed E-state index contributed by atoms with van der Waals surface area (Å²) in [4.78, 5) is 29.2. The van der Waals surface area contributed by atoms with Crippen molar-refractivity contribution >= 4 is 22.7 Å². The molecule has 0 aliphatic carbocycles. The maximum Gasteiger partial charge on any atom is 0.291 e. The van der Waals surface area contributed by atoms with Crippen LogP contribution in [-0.4, -0.2) is 24.5 Å². The van der Waals surface area contributed by atoms with Crippen molar-refractivity contribution in [3.05, 3.63) is 146 Å².